The third-order valence-corrected chi connectivity index (χ3v) is 3.61. The van der Waals surface area contributed by atoms with Gasteiger partial charge < -0.3 is 15.2 Å². The second-order valence-electron chi connectivity index (χ2n) is 4.32. The van der Waals surface area contributed by atoms with Gasteiger partial charge in [0.2, 0.25) is 17.7 Å². The number of hydrogen-bond acceptors (Lipinski definition) is 5. The summed E-state index contributed by atoms with van der Waals surface area (Å²) in [4.78, 5) is 46.8. The SMILES string of the molecule is O=C(CI)Nc1ccc(C(=O)[O-])c(N2C(=O)CCC2=O)c1. The summed E-state index contributed by atoms with van der Waals surface area (Å²) in [5.41, 5.74) is -0.0380. The Morgan fingerprint density at radius 1 is 1.24 bits per heavy atom. The molecule has 8 heteroatoms. The summed E-state index contributed by atoms with van der Waals surface area (Å²) in [7, 11) is 0. The fourth-order valence-electron chi connectivity index (χ4n) is 2.01. The molecule has 1 aromatic carbocycles. The summed E-state index contributed by atoms with van der Waals surface area (Å²) < 4.78 is 0.219. The molecule has 0 bridgehead atoms. The van der Waals surface area contributed by atoms with Crippen molar-refractivity contribution in [1.82, 2.24) is 0 Å². The van der Waals surface area contributed by atoms with Gasteiger partial charge in [0.25, 0.3) is 0 Å². The first kappa shape index (κ1) is 15.4. The molecule has 1 aliphatic rings. The van der Waals surface area contributed by atoms with E-state index < -0.39 is 17.8 Å². The maximum atomic E-state index is 11.8. The molecule has 0 aromatic heterocycles. The molecule has 0 aliphatic carbocycles. The fraction of sp³-hybridized carbons (Fsp3) is 0.231. The highest BCUT2D eigenvalue weighted by Gasteiger charge is 2.32. The lowest BCUT2D eigenvalue weighted by Gasteiger charge is -2.20. The van der Waals surface area contributed by atoms with Gasteiger partial charge in [-0.25, -0.2) is 4.90 Å². The zero-order chi connectivity index (χ0) is 15.6. The van der Waals surface area contributed by atoms with E-state index in [1.807, 2.05) is 22.6 Å². The molecule has 0 unspecified atom stereocenters. The number of anilines is 2. The van der Waals surface area contributed by atoms with E-state index in [4.69, 9.17) is 0 Å². The maximum absolute atomic E-state index is 11.8. The average Bonchev–Trinajstić information content (AvgIpc) is 2.77. The van der Waals surface area contributed by atoms with Gasteiger partial charge in [-0.2, -0.15) is 0 Å². The molecule has 0 spiro atoms. The molecule has 0 saturated carbocycles. The lowest BCUT2D eigenvalue weighted by molar-refractivity contribution is -0.254. The van der Waals surface area contributed by atoms with Gasteiger partial charge in [0.1, 0.15) is 0 Å². The number of imide groups is 1. The zero-order valence-electron chi connectivity index (χ0n) is 10.7. The van der Waals surface area contributed by atoms with Crippen LogP contribution in [0.15, 0.2) is 18.2 Å². The summed E-state index contributed by atoms with van der Waals surface area (Å²) in [6, 6.07) is 3.87. The molecule has 1 saturated heterocycles. The van der Waals surface area contributed by atoms with Crippen LogP contribution in [0.2, 0.25) is 0 Å². The number of alkyl halides is 1. The molecule has 0 atom stereocenters. The number of nitrogens with one attached hydrogen (secondary N) is 1. The molecule has 0 radical (unpaired) electrons. The van der Waals surface area contributed by atoms with Crippen LogP contribution in [0.25, 0.3) is 0 Å². The van der Waals surface area contributed by atoms with E-state index >= 15 is 0 Å². The minimum absolute atomic E-state index is 0.0374. The number of carbonyl (C=O) groups is 4. The third kappa shape index (κ3) is 3.20. The minimum atomic E-state index is -1.50. The average molecular weight is 401 g/mol. The van der Waals surface area contributed by atoms with Gasteiger partial charge in [-0.1, -0.05) is 22.6 Å². The van der Waals surface area contributed by atoms with Gasteiger partial charge in [-0.3, -0.25) is 14.4 Å². The Bertz CT molecular complexity index is 627. The first-order chi connectivity index (χ1) is 9.93. The number of rotatable bonds is 4. The molecule has 21 heavy (non-hydrogen) atoms. The van der Waals surface area contributed by atoms with Gasteiger partial charge in [-0.15, -0.1) is 0 Å². The van der Waals surface area contributed by atoms with Crippen LogP contribution in [0.1, 0.15) is 23.2 Å². The molecule has 7 nitrogen and oxygen atoms in total. The van der Waals surface area contributed by atoms with Gasteiger partial charge >= 0.3 is 0 Å². The number of halogens is 1. The molecule has 110 valence electrons. The zero-order valence-corrected chi connectivity index (χ0v) is 12.9. The van der Waals surface area contributed by atoms with Crippen LogP contribution in [-0.2, 0) is 14.4 Å². The number of carbonyl (C=O) groups excluding carboxylic acids is 4. The van der Waals surface area contributed by atoms with Crippen LogP contribution >= 0.6 is 22.6 Å². The van der Waals surface area contributed by atoms with Crippen molar-refractivity contribution >= 4 is 57.7 Å². The van der Waals surface area contributed by atoms with E-state index in [1.165, 1.54) is 18.2 Å². The van der Waals surface area contributed by atoms with Crippen LogP contribution in [-0.4, -0.2) is 28.1 Å². The summed E-state index contributed by atoms with van der Waals surface area (Å²) in [5.74, 6) is -2.72. The highest BCUT2D eigenvalue weighted by molar-refractivity contribution is 14.1. The summed E-state index contributed by atoms with van der Waals surface area (Å²) in [5, 5.41) is 13.7. The van der Waals surface area contributed by atoms with Crippen molar-refractivity contribution in [2.75, 3.05) is 14.6 Å². The normalized spacial score (nSPS) is 14.4. The Hall–Kier alpha value is -1.97. The quantitative estimate of drug-likeness (QED) is 0.437. The third-order valence-electron chi connectivity index (χ3n) is 2.92. The second-order valence-corrected chi connectivity index (χ2v) is 5.09. The topological polar surface area (TPSA) is 107 Å². The molecule has 1 heterocycles. The summed E-state index contributed by atoms with van der Waals surface area (Å²) in [6.07, 6.45) is 0.0747. The largest absolute Gasteiger partial charge is 0.545 e. The standard InChI is InChI=1S/C13H11IN2O5/c14-6-10(17)15-7-1-2-8(13(20)21)9(5-7)16-11(18)3-4-12(16)19/h1-2,5H,3-4,6H2,(H,15,17)(H,20,21)/p-1. The Balaban J connectivity index is 2.47. The van der Waals surface area contributed by atoms with E-state index in [9.17, 15) is 24.3 Å². The molecule has 1 fully saturated rings. The second kappa shape index (κ2) is 6.20. The number of hydrogen-bond donors (Lipinski definition) is 1. The van der Waals surface area contributed by atoms with Crippen LogP contribution in [0.4, 0.5) is 11.4 Å². The monoisotopic (exact) mass is 401 g/mol. The number of carboxylic acids is 1. The fourth-order valence-corrected chi connectivity index (χ4v) is 2.20. The van der Waals surface area contributed by atoms with E-state index in [1.54, 1.807) is 0 Å². The first-order valence-electron chi connectivity index (χ1n) is 6.01. The number of carboxylic acid groups (broad SMARTS) is 1. The Morgan fingerprint density at radius 3 is 2.38 bits per heavy atom. The van der Waals surface area contributed by atoms with Gasteiger partial charge in [0, 0.05) is 24.1 Å². The minimum Gasteiger partial charge on any atom is -0.545 e. The van der Waals surface area contributed by atoms with E-state index in [-0.39, 0.29) is 34.4 Å². The van der Waals surface area contributed by atoms with Crippen molar-refractivity contribution in [2.24, 2.45) is 0 Å². The van der Waals surface area contributed by atoms with E-state index in [2.05, 4.69) is 5.32 Å². The van der Waals surface area contributed by atoms with Crippen LogP contribution < -0.4 is 15.3 Å². The van der Waals surface area contributed by atoms with Gasteiger partial charge in [-0.05, 0) is 18.2 Å². The molecular formula is C13H10IN2O5-. The smallest absolute Gasteiger partial charge is 0.234 e. The van der Waals surface area contributed by atoms with Crippen molar-refractivity contribution in [1.29, 1.82) is 0 Å². The number of nitrogens with zero attached hydrogens (tertiary/aromatic N) is 1. The highest BCUT2D eigenvalue weighted by atomic mass is 127. The lowest BCUT2D eigenvalue weighted by atomic mass is 10.1. The van der Waals surface area contributed by atoms with Crippen molar-refractivity contribution < 1.29 is 24.3 Å². The number of amides is 3. The van der Waals surface area contributed by atoms with E-state index in [0.717, 1.165) is 4.90 Å². The maximum Gasteiger partial charge on any atom is 0.234 e. The highest BCUT2D eigenvalue weighted by Crippen LogP contribution is 2.29. The van der Waals surface area contributed by atoms with E-state index in [0.29, 0.717) is 5.69 Å². The van der Waals surface area contributed by atoms with Crippen LogP contribution in [0.3, 0.4) is 0 Å². The molecule has 2 rings (SSSR count). The molecule has 1 N–H and O–H groups in total. The predicted octanol–water partition coefficient (Wildman–Crippen LogP) is 0.0770. The Labute approximate surface area is 133 Å². The Morgan fingerprint density at radius 2 is 1.86 bits per heavy atom. The summed E-state index contributed by atoms with van der Waals surface area (Å²) >= 11 is 1.88. The number of aromatic carboxylic acids is 1. The Kier molecular flexibility index (Phi) is 4.56. The number of benzene rings is 1. The first-order valence-corrected chi connectivity index (χ1v) is 7.53. The molecule has 1 aliphatic heterocycles. The predicted molar refractivity (Wildman–Crippen MR) is 80.0 cm³/mol. The molecule has 1 aromatic rings. The van der Waals surface area contributed by atoms with Crippen LogP contribution in [0, 0.1) is 0 Å². The van der Waals surface area contributed by atoms with Crippen LogP contribution in [0.5, 0.6) is 0 Å². The van der Waals surface area contributed by atoms with Crippen molar-refractivity contribution in [3.05, 3.63) is 23.8 Å². The van der Waals surface area contributed by atoms with Crippen molar-refractivity contribution in [2.45, 2.75) is 12.8 Å². The van der Waals surface area contributed by atoms with Gasteiger partial charge in [0.15, 0.2) is 0 Å². The molecular weight excluding hydrogens is 391 g/mol. The van der Waals surface area contributed by atoms with Gasteiger partial charge in [0.05, 0.1) is 16.1 Å². The summed E-state index contributed by atoms with van der Waals surface area (Å²) in [6.45, 7) is 0. The van der Waals surface area contributed by atoms with Crippen molar-refractivity contribution in [3.63, 3.8) is 0 Å². The lowest BCUT2D eigenvalue weighted by Crippen LogP contribution is -2.33. The van der Waals surface area contributed by atoms with Crippen molar-refractivity contribution in [3.8, 4) is 0 Å². The molecule has 3 amide bonds.